The summed E-state index contributed by atoms with van der Waals surface area (Å²) in [4.78, 5) is 0. The average molecular weight is 321 g/mol. The van der Waals surface area contributed by atoms with Crippen LogP contribution in [0.2, 0.25) is 0 Å². The molecule has 1 heteroatoms. The summed E-state index contributed by atoms with van der Waals surface area (Å²) in [5.74, 6) is 2.71. The predicted molar refractivity (Wildman–Crippen MR) is 101 cm³/mol. The minimum atomic E-state index is 0.477. The molecule has 2 rings (SSSR count). The van der Waals surface area contributed by atoms with Crippen LogP contribution in [0.15, 0.2) is 12.7 Å². The van der Waals surface area contributed by atoms with Gasteiger partial charge in [-0.05, 0) is 73.5 Å². The highest BCUT2D eigenvalue weighted by atomic mass is 16.5. The van der Waals surface area contributed by atoms with Crippen molar-refractivity contribution in [3.8, 4) is 0 Å². The van der Waals surface area contributed by atoms with Gasteiger partial charge in [0.05, 0.1) is 12.7 Å². The maximum Gasteiger partial charge on any atom is 0.0648 e. The first-order chi connectivity index (χ1) is 10.7. The fourth-order valence-corrected chi connectivity index (χ4v) is 5.16. The van der Waals surface area contributed by atoms with Crippen LogP contribution in [0, 0.1) is 28.6 Å². The van der Waals surface area contributed by atoms with E-state index in [0.29, 0.717) is 23.5 Å². The van der Waals surface area contributed by atoms with Gasteiger partial charge in [0, 0.05) is 0 Å². The molecule has 0 saturated heterocycles. The van der Waals surface area contributed by atoms with E-state index in [9.17, 15) is 0 Å². The molecule has 0 aromatic heterocycles. The molecule has 0 aromatic carbocycles. The molecule has 0 aromatic rings. The van der Waals surface area contributed by atoms with Gasteiger partial charge in [-0.3, -0.25) is 0 Å². The van der Waals surface area contributed by atoms with Crippen molar-refractivity contribution in [1.29, 1.82) is 0 Å². The van der Waals surface area contributed by atoms with Crippen molar-refractivity contribution >= 4 is 0 Å². The molecule has 0 radical (unpaired) electrons. The van der Waals surface area contributed by atoms with Crippen LogP contribution in [0.5, 0.6) is 0 Å². The second-order valence-electron chi connectivity index (χ2n) is 9.84. The van der Waals surface area contributed by atoms with Crippen molar-refractivity contribution in [3.63, 3.8) is 0 Å². The third-order valence-corrected chi connectivity index (χ3v) is 7.13. The predicted octanol–water partition coefficient (Wildman–Crippen LogP) is 6.63. The fraction of sp³-hybridized carbons (Fsp3) is 0.909. The van der Waals surface area contributed by atoms with Crippen LogP contribution in [0.25, 0.3) is 0 Å². The van der Waals surface area contributed by atoms with Gasteiger partial charge in [-0.15, -0.1) is 6.58 Å². The van der Waals surface area contributed by atoms with Gasteiger partial charge in [0.2, 0.25) is 0 Å². The van der Waals surface area contributed by atoms with Crippen LogP contribution < -0.4 is 0 Å². The Balaban J connectivity index is 1.92. The largest absolute Gasteiger partial charge is 0.374 e. The van der Waals surface area contributed by atoms with E-state index in [0.717, 1.165) is 17.8 Å². The molecular weight excluding hydrogens is 280 g/mol. The first kappa shape index (κ1) is 19.0. The lowest BCUT2D eigenvalue weighted by Crippen LogP contribution is -2.40. The molecule has 2 atom stereocenters. The van der Waals surface area contributed by atoms with E-state index >= 15 is 0 Å². The van der Waals surface area contributed by atoms with E-state index in [4.69, 9.17) is 4.74 Å². The summed E-state index contributed by atoms with van der Waals surface area (Å²) >= 11 is 0. The number of hydrogen-bond acceptors (Lipinski definition) is 1. The Kier molecular flexibility index (Phi) is 6.39. The van der Waals surface area contributed by atoms with E-state index in [1.54, 1.807) is 0 Å². The summed E-state index contributed by atoms with van der Waals surface area (Å²) in [6.45, 7) is 16.9. The molecule has 23 heavy (non-hydrogen) atoms. The van der Waals surface area contributed by atoms with Crippen LogP contribution in [-0.4, -0.2) is 12.7 Å². The van der Waals surface area contributed by atoms with Gasteiger partial charge in [-0.2, -0.15) is 0 Å². The molecule has 0 heterocycles. The molecule has 2 unspecified atom stereocenters. The third kappa shape index (κ3) is 4.84. The first-order valence-corrected chi connectivity index (χ1v) is 9.97. The lowest BCUT2D eigenvalue weighted by molar-refractivity contribution is -0.0184. The van der Waals surface area contributed by atoms with Crippen LogP contribution in [0.1, 0.15) is 86.0 Å². The summed E-state index contributed by atoms with van der Waals surface area (Å²) in [5, 5.41) is 0. The van der Waals surface area contributed by atoms with Gasteiger partial charge in [-0.25, -0.2) is 0 Å². The molecular formula is C22H40O. The molecule has 2 aliphatic rings. The number of rotatable bonds is 5. The molecule has 2 saturated carbocycles. The monoisotopic (exact) mass is 320 g/mol. The van der Waals surface area contributed by atoms with Gasteiger partial charge in [-0.1, -0.05) is 47.1 Å². The molecule has 0 bridgehead atoms. The summed E-state index contributed by atoms with van der Waals surface area (Å²) in [5.41, 5.74) is 0.971. The van der Waals surface area contributed by atoms with Crippen LogP contribution in [0.3, 0.4) is 0 Å². The highest BCUT2D eigenvalue weighted by molar-refractivity contribution is 4.93. The third-order valence-electron chi connectivity index (χ3n) is 7.13. The van der Waals surface area contributed by atoms with Gasteiger partial charge >= 0.3 is 0 Å². The van der Waals surface area contributed by atoms with Crippen molar-refractivity contribution in [3.05, 3.63) is 12.7 Å². The zero-order valence-electron chi connectivity index (χ0n) is 16.4. The van der Waals surface area contributed by atoms with Gasteiger partial charge in [0.1, 0.15) is 0 Å². The minimum Gasteiger partial charge on any atom is -0.374 e. The fourth-order valence-electron chi connectivity index (χ4n) is 5.16. The molecule has 0 amide bonds. The lowest BCUT2D eigenvalue weighted by atomic mass is 9.57. The van der Waals surface area contributed by atoms with E-state index in [1.165, 1.54) is 51.4 Å². The van der Waals surface area contributed by atoms with Crippen molar-refractivity contribution in [2.75, 3.05) is 6.61 Å². The maximum absolute atomic E-state index is 5.88. The van der Waals surface area contributed by atoms with Crippen molar-refractivity contribution in [1.82, 2.24) is 0 Å². The molecule has 1 nitrogen and oxygen atoms in total. The Morgan fingerprint density at radius 3 is 2.04 bits per heavy atom. The SMILES string of the molecule is C=CCOC1CCC(C(C)(C)C2CCCC(C(C)(C)C)C2)CC1. The molecule has 0 N–H and O–H groups in total. The van der Waals surface area contributed by atoms with Crippen LogP contribution >= 0.6 is 0 Å². The normalized spacial score (nSPS) is 33.4. The minimum absolute atomic E-state index is 0.477. The quantitative estimate of drug-likeness (QED) is 0.517. The highest BCUT2D eigenvalue weighted by Crippen LogP contribution is 2.52. The molecule has 2 aliphatic carbocycles. The van der Waals surface area contributed by atoms with Gasteiger partial charge in [0.25, 0.3) is 0 Å². The first-order valence-electron chi connectivity index (χ1n) is 9.97. The zero-order chi connectivity index (χ0) is 17.1. The maximum atomic E-state index is 5.88. The summed E-state index contributed by atoms with van der Waals surface area (Å²) < 4.78 is 5.88. The standard InChI is InChI=1S/C22H40O/c1-7-15-23-20-13-11-17(12-14-20)22(5,6)19-10-8-9-18(16-19)21(2,3)4/h7,17-20H,1,8-16H2,2-6H3. The Labute approximate surface area is 145 Å². The Morgan fingerprint density at radius 1 is 0.870 bits per heavy atom. The van der Waals surface area contributed by atoms with Crippen molar-refractivity contribution in [2.45, 2.75) is 92.1 Å². The number of hydrogen-bond donors (Lipinski definition) is 0. The second kappa shape index (κ2) is 7.72. The van der Waals surface area contributed by atoms with Crippen molar-refractivity contribution in [2.24, 2.45) is 28.6 Å². The Bertz CT molecular complexity index is 368. The van der Waals surface area contributed by atoms with Crippen molar-refractivity contribution < 1.29 is 4.74 Å². The summed E-state index contributed by atoms with van der Waals surface area (Å²) in [6, 6.07) is 0. The van der Waals surface area contributed by atoms with Crippen LogP contribution in [-0.2, 0) is 4.74 Å². The topological polar surface area (TPSA) is 9.23 Å². The van der Waals surface area contributed by atoms with E-state index in [2.05, 4.69) is 41.2 Å². The second-order valence-corrected chi connectivity index (χ2v) is 9.84. The van der Waals surface area contributed by atoms with Crippen LogP contribution in [0.4, 0.5) is 0 Å². The number of ether oxygens (including phenoxy) is 1. The van der Waals surface area contributed by atoms with E-state index in [-0.39, 0.29) is 0 Å². The summed E-state index contributed by atoms with van der Waals surface area (Å²) in [6.07, 6.45) is 13.3. The average Bonchev–Trinajstić information content (AvgIpc) is 2.52. The molecule has 0 aliphatic heterocycles. The van der Waals surface area contributed by atoms with E-state index < -0.39 is 0 Å². The van der Waals surface area contributed by atoms with E-state index in [1.807, 2.05) is 6.08 Å². The van der Waals surface area contributed by atoms with Gasteiger partial charge in [0.15, 0.2) is 0 Å². The Morgan fingerprint density at radius 2 is 1.48 bits per heavy atom. The molecule has 134 valence electrons. The lowest BCUT2D eigenvalue weighted by Gasteiger charge is -2.49. The summed E-state index contributed by atoms with van der Waals surface area (Å²) in [7, 11) is 0. The highest BCUT2D eigenvalue weighted by Gasteiger charge is 2.42. The molecule has 0 spiro atoms. The Hall–Kier alpha value is -0.300. The molecule has 2 fully saturated rings. The van der Waals surface area contributed by atoms with Gasteiger partial charge < -0.3 is 4.74 Å². The zero-order valence-corrected chi connectivity index (χ0v) is 16.4. The smallest absolute Gasteiger partial charge is 0.0648 e.